The van der Waals surface area contributed by atoms with Crippen LogP contribution in [0, 0.1) is 29.6 Å². The molecule has 3 heteroatoms. The van der Waals surface area contributed by atoms with Crippen LogP contribution in [-0.2, 0) is 5.41 Å². The number of rotatable bonds is 4. The van der Waals surface area contributed by atoms with Crippen molar-refractivity contribution in [2.24, 2.45) is 29.6 Å². The van der Waals surface area contributed by atoms with Crippen molar-refractivity contribution in [2.75, 3.05) is 0 Å². The quantitative estimate of drug-likeness (QED) is 0.405. The summed E-state index contributed by atoms with van der Waals surface area (Å²) in [5.74, 6) is 3.06. The maximum atomic E-state index is 4.19. The zero-order chi connectivity index (χ0) is 26.8. The number of nitrogens with one attached hydrogen (secondary N) is 1. The highest BCUT2D eigenvalue weighted by molar-refractivity contribution is 6.76. The van der Waals surface area contributed by atoms with Crippen LogP contribution < -0.4 is 5.32 Å². The van der Waals surface area contributed by atoms with Crippen LogP contribution in [0.4, 0.5) is 0 Å². The minimum atomic E-state index is -1.93. The van der Waals surface area contributed by atoms with Gasteiger partial charge in [0.25, 0.3) is 0 Å². The Morgan fingerprint density at radius 2 is 1.32 bits per heavy atom. The van der Waals surface area contributed by atoms with Crippen LogP contribution in [0.25, 0.3) is 5.57 Å². The first-order chi connectivity index (χ1) is 18.1. The Bertz CT molecular complexity index is 1200. The number of nitrogens with zero attached hydrogens (tertiary/aromatic N) is 1. The predicted molar refractivity (Wildman–Crippen MR) is 165 cm³/mol. The number of hydrogen-bond donors (Lipinski definition) is 1. The van der Waals surface area contributed by atoms with E-state index in [2.05, 4.69) is 149 Å². The second-order valence-electron chi connectivity index (χ2n) is 14.1. The van der Waals surface area contributed by atoms with Crippen molar-refractivity contribution in [3.05, 3.63) is 102 Å². The molecule has 0 aromatic heterocycles. The van der Waals surface area contributed by atoms with Crippen LogP contribution in [-0.4, -0.2) is 31.1 Å². The van der Waals surface area contributed by atoms with Gasteiger partial charge in [-0.3, -0.25) is 5.32 Å². The van der Waals surface area contributed by atoms with E-state index in [1.54, 1.807) is 0 Å². The zero-order valence-corrected chi connectivity index (χ0v) is 25.3. The largest absolute Gasteiger partial charge is 0.301 e. The molecular weight excluding hydrogens is 476 g/mol. The highest BCUT2D eigenvalue weighted by Crippen LogP contribution is 2.59. The third kappa shape index (κ3) is 4.13. The van der Waals surface area contributed by atoms with Gasteiger partial charge in [0.2, 0.25) is 0 Å². The molecule has 2 fully saturated rings. The second-order valence-corrected chi connectivity index (χ2v) is 18.6. The van der Waals surface area contributed by atoms with Crippen molar-refractivity contribution in [1.29, 1.82) is 0 Å². The highest BCUT2D eigenvalue weighted by Gasteiger charge is 2.59. The number of fused-ring (bicyclic) bond motifs is 4. The third-order valence-electron chi connectivity index (χ3n) is 10.1. The summed E-state index contributed by atoms with van der Waals surface area (Å²) in [6.07, 6.45) is 26.9. The summed E-state index contributed by atoms with van der Waals surface area (Å²) in [5.41, 5.74) is 5.06. The van der Waals surface area contributed by atoms with Crippen LogP contribution in [0.3, 0.4) is 0 Å². The van der Waals surface area contributed by atoms with Crippen LogP contribution >= 0.6 is 0 Å². The standard InChI is InChI=1S/C35H46N2Si/c1-23(2)34-36-32-26(24-19-21-25(22-20-24)35(3,4)5)17-12-18-31(32)37(34)38(6,7)33-29-15-10-8-13-27(29)28-14-9-11-16-30(28)33/h8-23,27-34,36H,1-7H3/t27?,28?,29?,30?,31-,32?,33?,34-/m1/s1. The van der Waals surface area contributed by atoms with Crippen molar-refractivity contribution < 1.29 is 0 Å². The fourth-order valence-electron chi connectivity index (χ4n) is 8.40. The lowest BCUT2D eigenvalue weighted by Gasteiger charge is -2.49. The molecule has 7 atom stereocenters. The van der Waals surface area contributed by atoms with E-state index in [1.165, 1.54) is 16.7 Å². The smallest absolute Gasteiger partial charge is 0.129 e. The van der Waals surface area contributed by atoms with Crippen LogP contribution in [0.5, 0.6) is 0 Å². The van der Waals surface area contributed by atoms with Gasteiger partial charge in [-0.25, -0.2) is 0 Å². The first-order valence-corrected chi connectivity index (χ1v) is 17.9. The lowest BCUT2D eigenvalue weighted by atomic mass is 9.83. The Morgan fingerprint density at radius 1 is 0.763 bits per heavy atom. The lowest BCUT2D eigenvalue weighted by Crippen LogP contribution is -2.61. The maximum absolute atomic E-state index is 4.19. The molecule has 0 radical (unpaired) electrons. The van der Waals surface area contributed by atoms with E-state index in [0.717, 1.165) is 0 Å². The average molecular weight is 523 g/mol. The van der Waals surface area contributed by atoms with E-state index >= 15 is 0 Å². The van der Waals surface area contributed by atoms with Gasteiger partial charge in [0.1, 0.15) is 8.24 Å². The molecular formula is C35H46N2Si. The molecule has 6 rings (SSSR count). The van der Waals surface area contributed by atoms with Crippen molar-refractivity contribution in [1.82, 2.24) is 9.88 Å². The number of hydrogen-bond acceptors (Lipinski definition) is 2. The van der Waals surface area contributed by atoms with E-state index in [0.29, 0.717) is 53.4 Å². The topological polar surface area (TPSA) is 15.3 Å². The molecule has 4 aliphatic carbocycles. The highest BCUT2D eigenvalue weighted by atomic mass is 28.3. The van der Waals surface area contributed by atoms with Crippen molar-refractivity contribution in [3.63, 3.8) is 0 Å². The summed E-state index contributed by atoms with van der Waals surface area (Å²) in [4.78, 5) is 0. The van der Waals surface area contributed by atoms with Gasteiger partial charge in [-0.15, -0.1) is 0 Å². The van der Waals surface area contributed by atoms with Gasteiger partial charge in [0.05, 0.1) is 12.2 Å². The van der Waals surface area contributed by atoms with E-state index < -0.39 is 8.24 Å². The van der Waals surface area contributed by atoms with Gasteiger partial charge < -0.3 is 4.57 Å². The summed E-state index contributed by atoms with van der Waals surface area (Å²) in [7, 11) is -1.93. The Morgan fingerprint density at radius 3 is 1.84 bits per heavy atom. The van der Waals surface area contributed by atoms with Crippen molar-refractivity contribution in [3.8, 4) is 0 Å². The number of benzene rings is 1. The van der Waals surface area contributed by atoms with E-state index in [-0.39, 0.29) is 5.41 Å². The Kier molecular flexibility index (Phi) is 6.49. The zero-order valence-electron chi connectivity index (χ0n) is 24.3. The molecule has 0 bridgehead atoms. The fourth-order valence-corrected chi connectivity index (χ4v) is 13.4. The fraction of sp³-hybridized carbons (Fsp3) is 0.486. The molecule has 5 aliphatic rings. The predicted octanol–water partition coefficient (Wildman–Crippen LogP) is 7.87. The first-order valence-electron chi connectivity index (χ1n) is 14.8. The molecule has 0 amide bonds. The Labute approximate surface area is 232 Å². The lowest BCUT2D eigenvalue weighted by molar-refractivity contribution is 0.258. The minimum Gasteiger partial charge on any atom is -0.301 e. The monoisotopic (exact) mass is 522 g/mol. The van der Waals surface area contributed by atoms with Gasteiger partial charge >= 0.3 is 0 Å². The van der Waals surface area contributed by atoms with Crippen molar-refractivity contribution in [2.45, 2.75) is 76.9 Å². The molecule has 1 aromatic rings. The van der Waals surface area contributed by atoms with Gasteiger partial charge in [0.15, 0.2) is 0 Å². The first kappa shape index (κ1) is 26.0. The summed E-state index contributed by atoms with van der Waals surface area (Å²) in [6.45, 7) is 17.1. The normalized spacial score (nSPS) is 35.9. The number of allylic oxidation sites excluding steroid dienone is 10. The van der Waals surface area contributed by atoms with Gasteiger partial charge in [0, 0.05) is 6.04 Å². The molecule has 1 saturated heterocycles. The second kappa shape index (κ2) is 9.47. The molecule has 38 heavy (non-hydrogen) atoms. The average Bonchev–Trinajstić information content (AvgIpc) is 3.46. The molecule has 1 aliphatic heterocycles. The molecule has 1 N–H and O–H groups in total. The van der Waals surface area contributed by atoms with Gasteiger partial charge in [-0.05, 0) is 57.2 Å². The summed E-state index contributed by atoms with van der Waals surface area (Å²) >= 11 is 0. The van der Waals surface area contributed by atoms with Crippen molar-refractivity contribution >= 4 is 13.8 Å². The van der Waals surface area contributed by atoms with Crippen LogP contribution in [0.15, 0.2) is 91.1 Å². The molecule has 2 nitrogen and oxygen atoms in total. The van der Waals surface area contributed by atoms with Crippen LogP contribution in [0.1, 0.15) is 45.7 Å². The molecule has 0 spiro atoms. The molecule has 5 unspecified atom stereocenters. The molecule has 1 saturated carbocycles. The summed E-state index contributed by atoms with van der Waals surface area (Å²) in [5, 5.41) is 4.19. The minimum absolute atomic E-state index is 0.172. The SMILES string of the molecule is CC(C)[C@@H]1NC2C(c3ccc(C(C)(C)C)cc3)=CC=C[C@H]2N1[Si](C)(C)C1C2C=CC=CC2C2C=CC=CC21. The van der Waals surface area contributed by atoms with Gasteiger partial charge in [-0.1, -0.05) is 139 Å². The Balaban J connectivity index is 1.36. The molecule has 1 heterocycles. The summed E-state index contributed by atoms with van der Waals surface area (Å²) < 4.78 is 3.01. The van der Waals surface area contributed by atoms with E-state index in [4.69, 9.17) is 0 Å². The maximum Gasteiger partial charge on any atom is 0.129 e. The van der Waals surface area contributed by atoms with E-state index in [1.807, 2.05) is 0 Å². The van der Waals surface area contributed by atoms with Gasteiger partial charge in [-0.2, -0.15) is 0 Å². The van der Waals surface area contributed by atoms with E-state index in [9.17, 15) is 0 Å². The molecule has 200 valence electrons. The molecule has 1 aromatic carbocycles. The van der Waals surface area contributed by atoms with Crippen LogP contribution in [0.2, 0.25) is 18.6 Å². The Hall–Kier alpha value is -2.20. The third-order valence-corrected chi connectivity index (χ3v) is 14.5. The summed E-state index contributed by atoms with van der Waals surface area (Å²) in [6, 6.07) is 10.1.